The van der Waals surface area contributed by atoms with Crippen molar-refractivity contribution >= 4 is 27.5 Å². The van der Waals surface area contributed by atoms with Gasteiger partial charge in [0.05, 0.1) is 11.7 Å². The van der Waals surface area contributed by atoms with Crippen LogP contribution in [0.25, 0.3) is 0 Å². The molecule has 1 aromatic rings. The summed E-state index contributed by atoms with van der Waals surface area (Å²) in [7, 11) is 0. The molecular weight excluding hydrogens is 352 g/mol. The van der Waals surface area contributed by atoms with Crippen molar-refractivity contribution in [2.75, 3.05) is 6.61 Å². The van der Waals surface area contributed by atoms with Gasteiger partial charge in [-0.2, -0.15) is 0 Å². The van der Waals surface area contributed by atoms with E-state index in [9.17, 15) is 5.11 Å². The molecule has 1 aromatic carbocycles. The first-order chi connectivity index (χ1) is 10.1. The molecule has 2 fully saturated rings. The van der Waals surface area contributed by atoms with Gasteiger partial charge in [0.2, 0.25) is 0 Å². The molecule has 2 atom stereocenters. The highest BCUT2D eigenvalue weighted by molar-refractivity contribution is 9.10. The van der Waals surface area contributed by atoms with Gasteiger partial charge in [-0.25, -0.2) is 0 Å². The third kappa shape index (κ3) is 3.47. The fourth-order valence-corrected chi connectivity index (χ4v) is 4.79. The Labute approximate surface area is 140 Å². The van der Waals surface area contributed by atoms with Gasteiger partial charge in [0.1, 0.15) is 0 Å². The molecule has 21 heavy (non-hydrogen) atoms. The van der Waals surface area contributed by atoms with Gasteiger partial charge < -0.3 is 9.84 Å². The minimum atomic E-state index is -0.445. The molecular formula is C17H22BrClO2. The van der Waals surface area contributed by atoms with Crippen LogP contribution < -0.4 is 0 Å². The number of benzene rings is 1. The Morgan fingerprint density at radius 2 is 2.05 bits per heavy atom. The van der Waals surface area contributed by atoms with Gasteiger partial charge in [-0.3, -0.25) is 0 Å². The number of hydrogen-bond donors (Lipinski definition) is 1. The summed E-state index contributed by atoms with van der Waals surface area (Å²) in [4.78, 5) is 0. The van der Waals surface area contributed by atoms with E-state index < -0.39 is 6.10 Å². The van der Waals surface area contributed by atoms with E-state index in [1.165, 1.54) is 19.3 Å². The van der Waals surface area contributed by atoms with E-state index in [4.69, 9.17) is 16.3 Å². The monoisotopic (exact) mass is 372 g/mol. The maximum Gasteiger partial charge on any atom is 0.0831 e. The Morgan fingerprint density at radius 1 is 1.29 bits per heavy atom. The molecule has 1 N–H and O–H groups in total. The fourth-order valence-electron chi connectivity index (χ4n) is 3.88. The Hall–Kier alpha value is -0.0900. The Kier molecular flexibility index (Phi) is 4.94. The standard InChI is InChI=1S/C17H22BrClO2/c18-15-10-13(19)4-5-14(15)16(20)12-6-9-21-17(11-12)7-2-1-3-8-17/h4-5,10,12,16,20H,1-3,6-9,11H2. The summed E-state index contributed by atoms with van der Waals surface area (Å²) < 4.78 is 7.02. The van der Waals surface area contributed by atoms with Gasteiger partial charge in [0.25, 0.3) is 0 Å². The average molecular weight is 374 g/mol. The van der Waals surface area contributed by atoms with Gasteiger partial charge in [0, 0.05) is 16.1 Å². The molecule has 3 rings (SSSR count). The van der Waals surface area contributed by atoms with Crippen LogP contribution in [0.1, 0.15) is 56.6 Å². The molecule has 0 amide bonds. The van der Waals surface area contributed by atoms with Crippen molar-refractivity contribution in [1.29, 1.82) is 0 Å². The normalized spacial score (nSPS) is 26.7. The first-order valence-corrected chi connectivity index (χ1v) is 9.04. The van der Waals surface area contributed by atoms with Crippen LogP contribution in [0.15, 0.2) is 22.7 Å². The Bertz CT molecular complexity index is 494. The maximum absolute atomic E-state index is 10.8. The zero-order chi connectivity index (χ0) is 14.9. The van der Waals surface area contributed by atoms with E-state index in [2.05, 4.69) is 15.9 Å². The molecule has 1 aliphatic carbocycles. The second-order valence-electron chi connectivity index (χ2n) is 6.46. The summed E-state index contributed by atoms with van der Waals surface area (Å²) in [5, 5.41) is 11.5. The van der Waals surface area contributed by atoms with Crippen LogP contribution in [0.2, 0.25) is 5.02 Å². The Balaban J connectivity index is 1.76. The number of rotatable bonds is 2. The number of hydrogen-bond acceptors (Lipinski definition) is 2. The van der Waals surface area contributed by atoms with Crippen LogP contribution in [-0.4, -0.2) is 17.3 Å². The minimum absolute atomic E-state index is 0.0288. The van der Waals surface area contributed by atoms with Crippen molar-refractivity contribution < 1.29 is 9.84 Å². The molecule has 1 heterocycles. The van der Waals surface area contributed by atoms with E-state index in [1.807, 2.05) is 18.2 Å². The van der Waals surface area contributed by atoms with Crippen LogP contribution in [0.4, 0.5) is 0 Å². The van der Waals surface area contributed by atoms with Gasteiger partial charge in [0.15, 0.2) is 0 Å². The third-order valence-corrected chi connectivity index (χ3v) is 5.95. The molecule has 1 aliphatic heterocycles. The van der Waals surface area contributed by atoms with E-state index >= 15 is 0 Å². The van der Waals surface area contributed by atoms with Crippen molar-refractivity contribution in [2.45, 2.75) is 56.7 Å². The third-order valence-electron chi connectivity index (χ3n) is 5.02. The predicted octanol–water partition coefficient (Wildman–Crippen LogP) is 5.27. The number of aliphatic hydroxyl groups excluding tert-OH is 1. The molecule has 2 unspecified atom stereocenters. The van der Waals surface area contributed by atoms with Crippen LogP contribution in [0.3, 0.4) is 0 Å². The first kappa shape index (κ1) is 15.8. The van der Waals surface area contributed by atoms with Crippen LogP contribution in [-0.2, 0) is 4.74 Å². The summed E-state index contributed by atoms with van der Waals surface area (Å²) in [6, 6.07) is 5.64. The molecule has 116 valence electrons. The molecule has 1 saturated carbocycles. The molecule has 0 bridgehead atoms. The highest BCUT2D eigenvalue weighted by Gasteiger charge is 2.41. The van der Waals surface area contributed by atoms with Crippen LogP contribution in [0, 0.1) is 5.92 Å². The zero-order valence-electron chi connectivity index (χ0n) is 12.2. The molecule has 4 heteroatoms. The second-order valence-corrected chi connectivity index (χ2v) is 7.75. The fraction of sp³-hybridized carbons (Fsp3) is 0.647. The van der Waals surface area contributed by atoms with E-state index in [-0.39, 0.29) is 11.5 Å². The smallest absolute Gasteiger partial charge is 0.0831 e. The van der Waals surface area contributed by atoms with E-state index in [0.29, 0.717) is 5.02 Å². The van der Waals surface area contributed by atoms with Gasteiger partial charge >= 0.3 is 0 Å². The molecule has 2 nitrogen and oxygen atoms in total. The van der Waals surface area contributed by atoms with Gasteiger partial charge in [-0.15, -0.1) is 0 Å². The van der Waals surface area contributed by atoms with Gasteiger partial charge in [-0.1, -0.05) is 52.9 Å². The van der Waals surface area contributed by atoms with Crippen molar-refractivity contribution in [3.8, 4) is 0 Å². The minimum Gasteiger partial charge on any atom is -0.388 e. The highest BCUT2D eigenvalue weighted by Crippen LogP contribution is 2.45. The summed E-state index contributed by atoms with van der Waals surface area (Å²) >= 11 is 9.52. The molecule has 1 spiro atoms. The lowest BCUT2D eigenvalue weighted by molar-refractivity contribution is -0.134. The molecule has 2 aliphatic rings. The lowest BCUT2D eigenvalue weighted by atomic mass is 9.74. The molecule has 0 aromatic heterocycles. The number of ether oxygens (including phenoxy) is 1. The number of aliphatic hydroxyl groups is 1. The lowest BCUT2D eigenvalue weighted by Gasteiger charge is -2.44. The van der Waals surface area contributed by atoms with Gasteiger partial charge in [-0.05, 0) is 49.3 Å². The van der Waals surface area contributed by atoms with Crippen molar-refractivity contribution in [1.82, 2.24) is 0 Å². The summed E-state index contributed by atoms with van der Waals surface area (Å²) in [6.45, 7) is 0.771. The van der Waals surface area contributed by atoms with Crippen molar-refractivity contribution in [2.24, 2.45) is 5.92 Å². The molecule has 0 radical (unpaired) electrons. The largest absolute Gasteiger partial charge is 0.388 e. The van der Waals surface area contributed by atoms with Crippen LogP contribution in [0.5, 0.6) is 0 Å². The topological polar surface area (TPSA) is 29.5 Å². The van der Waals surface area contributed by atoms with Crippen LogP contribution >= 0.6 is 27.5 Å². The summed E-state index contributed by atoms with van der Waals surface area (Å²) in [5.41, 5.74) is 0.971. The first-order valence-electron chi connectivity index (χ1n) is 7.87. The zero-order valence-corrected chi connectivity index (χ0v) is 14.5. The summed E-state index contributed by atoms with van der Waals surface area (Å²) in [6.07, 6.45) is 7.60. The SMILES string of the molecule is OC(c1ccc(Cl)cc1Br)C1CCOC2(CCCCC2)C1. The predicted molar refractivity (Wildman–Crippen MR) is 88.6 cm³/mol. The highest BCUT2D eigenvalue weighted by atomic mass is 79.9. The maximum atomic E-state index is 10.8. The van der Waals surface area contributed by atoms with E-state index in [1.54, 1.807) is 0 Å². The quantitative estimate of drug-likeness (QED) is 0.765. The Morgan fingerprint density at radius 3 is 2.76 bits per heavy atom. The number of halogens is 2. The van der Waals surface area contributed by atoms with Crippen molar-refractivity contribution in [3.63, 3.8) is 0 Å². The lowest BCUT2D eigenvalue weighted by Crippen LogP contribution is -2.42. The molecule has 1 saturated heterocycles. The van der Waals surface area contributed by atoms with Crippen molar-refractivity contribution in [3.05, 3.63) is 33.3 Å². The average Bonchev–Trinajstić information content (AvgIpc) is 2.47. The summed E-state index contributed by atoms with van der Waals surface area (Å²) in [5.74, 6) is 0.273. The van der Waals surface area contributed by atoms with E-state index in [0.717, 1.165) is 42.3 Å². The second kappa shape index (κ2) is 6.57.